The molecule has 0 saturated carbocycles. The van der Waals surface area contributed by atoms with Crippen LogP contribution in [0.4, 0.5) is 0 Å². The van der Waals surface area contributed by atoms with Crippen molar-refractivity contribution in [3.63, 3.8) is 0 Å². The summed E-state index contributed by atoms with van der Waals surface area (Å²) in [5.74, 6) is 0.692. The summed E-state index contributed by atoms with van der Waals surface area (Å²) in [4.78, 5) is 0. The molecule has 0 fully saturated rings. The molecule has 1 unspecified atom stereocenters. The second-order valence-electron chi connectivity index (χ2n) is 6.05. The number of hydrogen-bond acceptors (Lipinski definition) is 2. The first-order valence-electron chi connectivity index (χ1n) is 6.59. The van der Waals surface area contributed by atoms with E-state index >= 15 is 0 Å². The Morgan fingerprint density at radius 3 is 2.59 bits per heavy atom. The van der Waals surface area contributed by atoms with Gasteiger partial charge in [-0.25, -0.2) is 0 Å². The van der Waals surface area contributed by atoms with Crippen molar-refractivity contribution in [3.8, 4) is 0 Å². The number of hydrogen-bond donors (Lipinski definition) is 1. The molecule has 0 radical (unpaired) electrons. The van der Waals surface area contributed by atoms with Crippen LogP contribution in [0, 0.1) is 12.8 Å². The molecule has 0 aliphatic heterocycles. The van der Waals surface area contributed by atoms with Crippen LogP contribution in [-0.2, 0) is 13.1 Å². The van der Waals surface area contributed by atoms with E-state index in [4.69, 9.17) is 0 Å². The van der Waals surface area contributed by atoms with E-state index in [1.54, 1.807) is 0 Å². The van der Waals surface area contributed by atoms with Crippen LogP contribution in [0.3, 0.4) is 0 Å². The Labute approximate surface area is 106 Å². The molecule has 1 atom stereocenters. The molecule has 98 valence electrons. The fourth-order valence-corrected chi connectivity index (χ4v) is 1.63. The van der Waals surface area contributed by atoms with Gasteiger partial charge in [-0.05, 0) is 33.6 Å². The molecule has 0 spiro atoms. The van der Waals surface area contributed by atoms with Gasteiger partial charge in [0, 0.05) is 29.9 Å². The summed E-state index contributed by atoms with van der Waals surface area (Å²) in [6.45, 7) is 15.1. The molecule has 0 aromatic carbocycles. The quantitative estimate of drug-likeness (QED) is 0.852. The van der Waals surface area contributed by atoms with Crippen LogP contribution in [0.25, 0.3) is 0 Å². The van der Waals surface area contributed by atoms with Crippen LogP contribution in [0.2, 0.25) is 0 Å². The van der Waals surface area contributed by atoms with E-state index in [0.717, 1.165) is 13.1 Å². The van der Waals surface area contributed by atoms with Crippen molar-refractivity contribution in [1.82, 2.24) is 15.1 Å². The molecule has 0 bridgehead atoms. The van der Waals surface area contributed by atoms with Crippen molar-refractivity contribution in [3.05, 3.63) is 17.5 Å². The third kappa shape index (κ3) is 4.50. The molecule has 0 saturated heterocycles. The van der Waals surface area contributed by atoms with E-state index in [1.807, 2.05) is 6.20 Å². The highest BCUT2D eigenvalue weighted by Gasteiger charge is 2.12. The topological polar surface area (TPSA) is 29.9 Å². The minimum Gasteiger partial charge on any atom is -0.308 e. The van der Waals surface area contributed by atoms with Crippen molar-refractivity contribution >= 4 is 0 Å². The largest absolute Gasteiger partial charge is 0.308 e. The zero-order chi connectivity index (χ0) is 13.1. The lowest BCUT2D eigenvalue weighted by atomic mass is 10.1. The monoisotopic (exact) mass is 237 g/mol. The van der Waals surface area contributed by atoms with Gasteiger partial charge < -0.3 is 5.32 Å². The standard InChI is InChI=1S/C14H27N3/c1-7-11(2)10-17-12(3)13(9-16-17)8-15-14(4,5)6/h9,11,15H,7-8,10H2,1-6H3. The van der Waals surface area contributed by atoms with Crippen molar-refractivity contribution in [2.75, 3.05) is 0 Å². The van der Waals surface area contributed by atoms with Gasteiger partial charge >= 0.3 is 0 Å². The van der Waals surface area contributed by atoms with Gasteiger partial charge in [0.25, 0.3) is 0 Å². The summed E-state index contributed by atoms with van der Waals surface area (Å²) in [6, 6.07) is 0. The Bertz CT molecular complexity index is 347. The van der Waals surface area contributed by atoms with Crippen LogP contribution < -0.4 is 5.32 Å². The van der Waals surface area contributed by atoms with Crippen LogP contribution in [0.5, 0.6) is 0 Å². The maximum absolute atomic E-state index is 4.48. The minimum atomic E-state index is 0.158. The lowest BCUT2D eigenvalue weighted by molar-refractivity contribution is 0.419. The number of nitrogens with zero attached hydrogens (tertiary/aromatic N) is 2. The zero-order valence-electron chi connectivity index (χ0n) is 12.2. The van der Waals surface area contributed by atoms with Gasteiger partial charge in [-0.1, -0.05) is 20.3 Å². The summed E-state index contributed by atoms with van der Waals surface area (Å²) in [7, 11) is 0. The molecule has 1 aromatic rings. The second kappa shape index (κ2) is 5.67. The highest BCUT2D eigenvalue weighted by molar-refractivity contribution is 5.16. The highest BCUT2D eigenvalue weighted by atomic mass is 15.3. The average Bonchev–Trinajstić information content (AvgIpc) is 2.56. The van der Waals surface area contributed by atoms with Crippen LogP contribution in [-0.4, -0.2) is 15.3 Å². The summed E-state index contributed by atoms with van der Waals surface area (Å²) in [5, 5.41) is 7.99. The third-order valence-corrected chi connectivity index (χ3v) is 3.20. The smallest absolute Gasteiger partial charge is 0.0537 e. The van der Waals surface area contributed by atoms with Gasteiger partial charge in [-0.15, -0.1) is 0 Å². The van der Waals surface area contributed by atoms with Gasteiger partial charge in [0.15, 0.2) is 0 Å². The van der Waals surface area contributed by atoms with E-state index in [1.165, 1.54) is 17.7 Å². The number of aromatic nitrogens is 2. The molecule has 1 rings (SSSR count). The Kier molecular flexibility index (Phi) is 4.75. The highest BCUT2D eigenvalue weighted by Crippen LogP contribution is 2.12. The summed E-state index contributed by atoms with van der Waals surface area (Å²) >= 11 is 0. The van der Waals surface area contributed by atoms with Crippen molar-refractivity contribution < 1.29 is 0 Å². The Balaban J connectivity index is 2.64. The van der Waals surface area contributed by atoms with Gasteiger partial charge in [0.2, 0.25) is 0 Å². The lowest BCUT2D eigenvalue weighted by Gasteiger charge is -2.20. The molecule has 3 heteroatoms. The maximum atomic E-state index is 4.48. The van der Waals surface area contributed by atoms with E-state index in [0.29, 0.717) is 5.92 Å². The number of nitrogens with one attached hydrogen (secondary N) is 1. The molecule has 0 aliphatic rings. The van der Waals surface area contributed by atoms with Gasteiger partial charge in [0.1, 0.15) is 0 Å². The van der Waals surface area contributed by atoms with E-state index in [9.17, 15) is 0 Å². The van der Waals surface area contributed by atoms with Gasteiger partial charge in [-0.3, -0.25) is 4.68 Å². The molecule has 1 N–H and O–H groups in total. The predicted molar refractivity (Wildman–Crippen MR) is 73.0 cm³/mol. The average molecular weight is 237 g/mol. The SMILES string of the molecule is CCC(C)Cn1ncc(CNC(C)(C)C)c1C. The molecule has 17 heavy (non-hydrogen) atoms. The first kappa shape index (κ1) is 14.2. The summed E-state index contributed by atoms with van der Waals surface area (Å²) in [6.07, 6.45) is 3.20. The van der Waals surface area contributed by atoms with E-state index in [-0.39, 0.29) is 5.54 Å². The van der Waals surface area contributed by atoms with Crippen molar-refractivity contribution in [1.29, 1.82) is 0 Å². The summed E-state index contributed by atoms with van der Waals surface area (Å²) in [5.41, 5.74) is 2.76. The second-order valence-corrected chi connectivity index (χ2v) is 6.05. The third-order valence-electron chi connectivity index (χ3n) is 3.20. The van der Waals surface area contributed by atoms with Crippen LogP contribution in [0.1, 0.15) is 52.3 Å². The predicted octanol–water partition coefficient (Wildman–Crippen LogP) is 3.13. The van der Waals surface area contributed by atoms with E-state index < -0.39 is 0 Å². The van der Waals surface area contributed by atoms with Crippen LogP contribution >= 0.6 is 0 Å². The molecular weight excluding hydrogens is 210 g/mol. The molecule has 1 aromatic heterocycles. The zero-order valence-corrected chi connectivity index (χ0v) is 12.2. The van der Waals surface area contributed by atoms with Crippen LogP contribution in [0.15, 0.2) is 6.20 Å². The number of rotatable bonds is 5. The van der Waals surface area contributed by atoms with E-state index in [2.05, 4.69) is 56.6 Å². The molecule has 0 amide bonds. The fraction of sp³-hybridized carbons (Fsp3) is 0.786. The maximum Gasteiger partial charge on any atom is 0.0537 e. The van der Waals surface area contributed by atoms with Gasteiger partial charge in [0.05, 0.1) is 6.20 Å². The first-order chi connectivity index (χ1) is 7.83. The van der Waals surface area contributed by atoms with Crippen molar-refractivity contribution in [2.45, 2.75) is 66.6 Å². The normalized spacial score (nSPS) is 14.0. The van der Waals surface area contributed by atoms with Crippen molar-refractivity contribution in [2.24, 2.45) is 5.92 Å². The lowest BCUT2D eigenvalue weighted by Crippen LogP contribution is -2.35. The fourth-order valence-electron chi connectivity index (χ4n) is 1.63. The summed E-state index contributed by atoms with van der Waals surface area (Å²) < 4.78 is 2.13. The molecule has 3 nitrogen and oxygen atoms in total. The molecule has 1 heterocycles. The van der Waals surface area contributed by atoms with Gasteiger partial charge in [-0.2, -0.15) is 5.10 Å². The molecular formula is C14H27N3. The molecule has 0 aliphatic carbocycles. The Morgan fingerprint density at radius 1 is 1.41 bits per heavy atom. The minimum absolute atomic E-state index is 0.158. The first-order valence-corrected chi connectivity index (χ1v) is 6.59. The Hall–Kier alpha value is -0.830. The Morgan fingerprint density at radius 2 is 2.06 bits per heavy atom.